The summed E-state index contributed by atoms with van der Waals surface area (Å²) in [4.78, 5) is 14.2. The van der Waals surface area contributed by atoms with E-state index in [-0.39, 0.29) is 18.3 Å². The van der Waals surface area contributed by atoms with Crippen molar-refractivity contribution < 1.29 is 9.31 Å². The predicted octanol–water partition coefficient (Wildman–Crippen LogP) is 19.9. The molecule has 0 aliphatic carbocycles. The minimum atomic E-state index is -0.355. The normalized spacial score (nSPS) is 13.5. The number of nitrogens with zero attached hydrogens (tertiary/aromatic N) is 3. The highest BCUT2D eigenvalue weighted by Gasteiger charge is 2.51. The zero-order valence-corrected chi connectivity index (χ0v) is 50.8. The molecule has 400 valence electrons. The van der Waals surface area contributed by atoms with E-state index in [0.29, 0.717) is 0 Å². The van der Waals surface area contributed by atoms with E-state index >= 15 is 0 Å². The molecule has 0 amide bonds. The quantitative estimate of drug-likeness (QED) is 0.123. The molecule has 0 bridgehead atoms. The van der Waals surface area contributed by atoms with Gasteiger partial charge in [-0.05, 0) is 242 Å². The van der Waals surface area contributed by atoms with Crippen LogP contribution < -0.4 is 5.46 Å². The van der Waals surface area contributed by atoms with Gasteiger partial charge in [-0.1, -0.05) is 152 Å². The molecular weight excluding hydrogens is 1120 g/mol. The Hall–Kier alpha value is -7.59. The van der Waals surface area contributed by atoms with E-state index in [4.69, 9.17) is 19.3 Å². The Labute approximate surface area is 493 Å². The topological polar surface area (TPSA) is 57.1 Å². The molecule has 0 spiro atoms. The number of hydrogen-bond donors (Lipinski definition) is 0. The second kappa shape index (κ2) is 22.7. The fourth-order valence-electron chi connectivity index (χ4n) is 11.6. The average molecular weight is 1190 g/mol. The van der Waals surface area contributed by atoms with E-state index in [1.54, 1.807) is 0 Å². The molecule has 0 N–H and O–H groups in total. The monoisotopic (exact) mass is 1180 g/mol. The first-order chi connectivity index (χ1) is 39.0. The Morgan fingerprint density at radius 3 is 0.901 bits per heavy atom. The van der Waals surface area contributed by atoms with Crippen LogP contribution in [0.2, 0.25) is 0 Å². The molecule has 0 atom stereocenters. The largest absolute Gasteiger partial charge is 0.494 e. The first kappa shape index (κ1) is 55.3. The fraction of sp³-hybridized carbons (Fsp3) is 0.164. The van der Waals surface area contributed by atoms with Crippen molar-refractivity contribution in [3.05, 3.63) is 249 Å². The number of fused-ring (bicyclic) bond motifs is 4. The Morgan fingerprint density at radius 1 is 0.321 bits per heavy atom. The second-order valence-corrected chi connectivity index (χ2v) is 23.9. The maximum absolute atomic E-state index is 6.15. The number of benzene rings is 9. The van der Waals surface area contributed by atoms with E-state index in [0.717, 1.165) is 22.5 Å². The molecule has 1 aliphatic rings. The molecule has 1 fully saturated rings. The molecular formula is C73H64BBr2N3O2. The summed E-state index contributed by atoms with van der Waals surface area (Å²) in [5.41, 5.74) is 19.2. The lowest BCUT2D eigenvalue weighted by Crippen LogP contribution is -2.41. The van der Waals surface area contributed by atoms with Crippen LogP contribution in [-0.4, -0.2) is 33.3 Å². The van der Waals surface area contributed by atoms with Crippen LogP contribution >= 0.6 is 31.9 Å². The van der Waals surface area contributed by atoms with E-state index in [9.17, 15) is 0 Å². The van der Waals surface area contributed by atoms with Gasteiger partial charge >= 0.3 is 7.12 Å². The second-order valence-electron chi connectivity index (χ2n) is 22.3. The Bertz CT molecular complexity index is 3980. The first-order valence-corrected chi connectivity index (χ1v) is 29.2. The zero-order valence-electron chi connectivity index (χ0n) is 47.6. The van der Waals surface area contributed by atoms with E-state index in [1.165, 1.54) is 124 Å². The summed E-state index contributed by atoms with van der Waals surface area (Å²) in [6.07, 6.45) is 5.74. The third-order valence-electron chi connectivity index (χ3n) is 16.3. The summed E-state index contributed by atoms with van der Waals surface area (Å²) in [6, 6.07) is 66.5. The van der Waals surface area contributed by atoms with Crippen LogP contribution in [0.4, 0.5) is 0 Å². The van der Waals surface area contributed by atoms with Gasteiger partial charge in [-0.2, -0.15) is 0 Å². The standard InChI is InChI=1S/C40H32N2.C19H24BNO2.C14H8Br2/c1-25-11-9-12-26(2)37(25)35-23-29(19-21-41-35)39-31-15-5-7-17-33(31)40(34-18-8-6-16-32(34)39)30-20-22-42-36(24-30)38-27(3)13-10-14-28(38)4;1-13-8-7-9-14(2)17(13)16-12-15(10-11-21-16)20-22-18(3,4)19(5,6)23-20;15-13-9-5-1-2-6-10(9)14(16)12-8-4-3-7-11(12)13/h5-24H,1-4H3;7-12H,1-6H3;1-8H. The Morgan fingerprint density at radius 2 is 0.593 bits per heavy atom. The summed E-state index contributed by atoms with van der Waals surface area (Å²) in [5, 5.41) is 9.90. The molecule has 5 nitrogen and oxygen atoms in total. The molecule has 0 saturated carbocycles. The van der Waals surface area contributed by atoms with Crippen molar-refractivity contribution in [3.8, 4) is 56.0 Å². The van der Waals surface area contributed by atoms with Crippen molar-refractivity contribution in [3.63, 3.8) is 0 Å². The van der Waals surface area contributed by atoms with Crippen LogP contribution in [0.15, 0.2) is 216 Å². The minimum absolute atomic E-state index is 0.334. The third kappa shape index (κ3) is 10.7. The van der Waals surface area contributed by atoms with Crippen LogP contribution in [0.5, 0.6) is 0 Å². The molecule has 8 heteroatoms. The van der Waals surface area contributed by atoms with Crippen molar-refractivity contribution in [2.24, 2.45) is 0 Å². The molecule has 13 rings (SSSR count). The van der Waals surface area contributed by atoms with E-state index < -0.39 is 0 Å². The summed E-state index contributed by atoms with van der Waals surface area (Å²) >= 11 is 7.39. The Kier molecular flexibility index (Phi) is 15.5. The van der Waals surface area contributed by atoms with Crippen molar-refractivity contribution in [1.82, 2.24) is 15.0 Å². The highest BCUT2D eigenvalue weighted by atomic mass is 79.9. The number of halogens is 2. The zero-order chi connectivity index (χ0) is 56.7. The summed E-state index contributed by atoms with van der Waals surface area (Å²) < 4.78 is 14.6. The van der Waals surface area contributed by atoms with Gasteiger partial charge in [-0.25, -0.2) is 0 Å². The van der Waals surface area contributed by atoms with Gasteiger partial charge in [0.1, 0.15) is 0 Å². The maximum atomic E-state index is 6.15. The minimum Gasteiger partial charge on any atom is -0.399 e. The third-order valence-corrected chi connectivity index (χ3v) is 18.1. The Balaban J connectivity index is 0.000000147. The van der Waals surface area contributed by atoms with Crippen molar-refractivity contribution in [1.29, 1.82) is 0 Å². The lowest BCUT2D eigenvalue weighted by atomic mass is 9.79. The number of aryl methyl sites for hydroxylation is 6. The lowest BCUT2D eigenvalue weighted by molar-refractivity contribution is 0.00578. The van der Waals surface area contributed by atoms with Gasteiger partial charge in [0.15, 0.2) is 0 Å². The SMILES string of the molecule is Brc1c2ccccc2c(Br)c2ccccc12.Cc1cccc(C)c1-c1cc(-c2c3ccccc3c(-c3ccnc(-c4c(C)cccc4C)c3)c3ccccc23)ccn1.Cc1cccc(C)c1-c1cc(B2OC(C)(C)C(C)(C)O2)ccn1. The van der Waals surface area contributed by atoms with Gasteiger partial charge in [-0.3, -0.25) is 15.0 Å². The molecule has 81 heavy (non-hydrogen) atoms. The fourth-order valence-corrected chi connectivity index (χ4v) is 13.0. The van der Waals surface area contributed by atoms with Gasteiger partial charge < -0.3 is 9.31 Å². The number of pyridine rings is 3. The van der Waals surface area contributed by atoms with Crippen molar-refractivity contribution in [2.75, 3.05) is 0 Å². The molecule has 0 unspecified atom stereocenters. The molecule has 0 radical (unpaired) electrons. The molecule has 1 saturated heterocycles. The smallest absolute Gasteiger partial charge is 0.399 e. The summed E-state index contributed by atoms with van der Waals surface area (Å²) in [6.45, 7) is 21.2. The van der Waals surface area contributed by atoms with Gasteiger partial charge in [0, 0.05) is 44.2 Å². The van der Waals surface area contributed by atoms with Crippen LogP contribution in [-0.2, 0) is 9.31 Å². The number of hydrogen-bond acceptors (Lipinski definition) is 5. The van der Waals surface area contributed by atoms with Crippen molar-refractivity contribution in [2.45, 2.75) is 80.4 Å². The van der Waals surface area contributed by atoms with Crippen LogP contribution in [0.1, 0.15) is 61.1 Å². The summed E-state index contributed by atoms with van der Waals surface area (Å²) in [7, 11) is -0.355. The van der Waals surface area contributed by atoms with E-state index in [1.807, 2.05) is 24.7 Å². The van der Waals surface area contributed by atoms with Gasteiger partial charge in [0.05, 0.1) is 28.3 Å². The lowest BCUT2D eigenvalue weighted by Gasteiger charge is -2.32. The van der Waals surface area contributed by atoms with Crippen LogP contribution in [0, 0.1) is 41.5 Å². The average Bonchev–Trinajstić information content (AvgIpc) is 3.85. The maximum Gasteiger partial charge on any atom is 0.494 e. The summed E-state index contributed by atoms with van der Waals surface area (Å²) in [5.74, 6) is 0. The highest BCUT2D eigenvalue weighted by molar-refractivity contribution is 9.11. The molecule has 3 aromatic heterocycles. The highest BCUT2D eigenvalue weighted by Crippen LogP contribution is 2.46. The predicted molar refractivity (Wildman–Crippen MR) is 349 cm³/mol. The van der Waals surface area contributed by atoms with E-state index in [2.05, 4.69) is 288 Å². The van der Waals surface area contributed by atoms with Gasteiger partial charge in [-0.15, -0.1) is 0 Å². The number of aromatic nitrogens is 3. The molecule has 12 aromatic rings. The van der Waals surface area contributed by atoms with Gasteiger partial charge in [0.25, 0.3) is 0 Å². The van der Waals surface area contributed by atoms with Crippen LogP contribution in [0.3, 0.4) is 0 Å². The molecule has 1 aliphatic heterocycles. The number of rotatable bonds is 6. The molecule has 4 heterocycles. The van der Waals surface area contributed by atoms with Gasteiger partial charge in [0.2, 0.25) is 0 Å². The van der Waals surface area contributed by atoms with Crippen LogP contribution in [0.25, 0.3) is 99.1 Å². The molecule has 9 aromatic carbocycles. The first-order valence-electron chi connectivity index (χ1n) is 27.6. The van der Waals surface area contributed by atoms with Crippen molar-refractivity contribution >= 4 is 87.5 Å².